The average molecular weight is 279 g/mol. The molecule has 0 amide bonds. The lowest BCUT2D eigenvalue weighted by molar-refractivity contribution is 0.553. The Bertz CT molecular complexity index is 193. The summed E-state index contributed by atoms with van der Waals surface area (Å²) in [5.41, 5.74) is 0. The molecule has 0 fully saturated rings. The van der Waals surface area contributed by atoms with Crippen molar-refractivity contribution < 1.29 is 0 Å². The SMILES string of the molecule is BBBBBBBBC(CCCCC)CCCCCCC. The van der Waals surface area contributed by atoms with Gasteiger partial charge in [-0.3, -0.25) is 0 Å². The van der Waals surface area contributed by atoms with Crippen LogP contribution in [0.1, 0.15) is 78.1 Å². The molecule has 0 saturated carbocycles. The van der Waals surface area contributed by atoms with E-state index in [2.05, 4.69) is 21.6 Å². The van der Waals surface area contributed by atoms with Crippen molar-refractivity contribution in [1.82, 2.24) is 0 Å². The fraction of sp³-hybridized carbons (Fsp3) is 1.00. The van der Waals surface area contributed by atoms with Crippen LogP contribution in [0.2, 0.25) is 5.82 Å². The van der Waals surface area contributed by atoms with Gasteiger partial charge in [-0.25, -0.2) is 0 Å². The minimum absolute atomic E-state index is 1.05. The quantitative estimate of drug-likeness (QED) is 0.256. The molecule has 1 atom stereocenters. The Balaban J connectivity index is 3.64. The highest BCUT2D eigenvalue weighted by Crippen LogP contribution is 2.22. The third-order valence-corrected chi connectivity index (χ3v) is 4.90. The Hall–Kier alpha value is 0.519. The summed E-state index contributed by atoms with van der Waals surface area (Å²) < 4.78 is 0. The highest BCUT2D eigenvalue weighted by Gasteiger charge is 2.10. The van der Waals surface area contributed by atoms with Crippen molar-refractivity contribution in [3.8, 4) is 0 Å². The second-order valence-corrected chi connectivity index (χ2v) is 7.12. The summed E-state index contributed by atoms with van der Waals surface area (Å²) in [4.78, 5) is 0. The molecule has 0 N–H and O–H groups in total. The van der Waals surface area contributed by atoms with Gasteiger partial charge < -0.3 is 0 Å². The summed E-state index contributed by atoms with van der Waals surface area (Å²) >= 11 is 0. The van der Waals surface area contributed by atoms with Gasteiger partial charge in [0.1, 0.15) is 0 Å². The zero-order valence-corrected chi connectivity index (χ0v) is 15.6. The lowest BCUT2D eigenvalue weighted by Gasteiger charge is -2.15. The largest absolute Gasteiger partial charge is 0.0815 e. The first-order valence-corrected chi connectivity index (χ1v) is 10.3. The van der Waals surface area contributed by atoms with E-state index in [4.69, 9.17) is 0 Å². The second-order valence-electron chi connectivity index (χ2n) is 7.12. The predicted molar refractivity (Wildman–Crippen MR) is 120 cm³/mol. The van der Waals surface area contributed by atoms with Crippen LogP contribution in [0, 0.1) is 0 Å². The Morgan fingerprint density at radius 1 is 0.667 bits per heavy atom. The van der Waals surface area contributed by atoms with Gasteiger partial charge in [-0.15, -0.1) is 0 Å². The molecule has 0 spiro atoms. The molecular weight excluding hydrogens is 243 g/mol. The normalized spacial score (nSPS) is 11.3. The third-order valence-electron chi connectivity index (χ3n) is 4.90. The molecule has 0 radical (unpaired) electrons. The van der Waals surface area contributed by atoms with Crippen LogP contribution in [0.4, 0.5) is 0 Å². The Morgan fingerprint density at radius 2 is 1.19 bits per heavy atom. The fourth-order valence-electron chi connectivity index (χ4n) is 3.37. The van der Waals surface area contributed by atoms with Crippen LogP contribution in [-0.2, 0) is 0 Å². The van der Waals surface area contributed by atoms with Crippen LogP contribution in [-0.4, -0.2) is 57.3 Å². The van der Waals surface area contributed by atoms with Gasteiger partial charge in [0, 0.05) is 42.4 Å². The Kier molecular flexibility index (Phi) is 19.0. The van der Waals surface area contributed by atoms with Gasteiger partial charge in [-0.1, -0.05) is 83.9 Å². The summed E-state index contributed by atoms with van der Waals surface area (Å²) in [6.07, 6.45) is 14.6. The molecule has 112 valence electrons. The van der Waals surface area contributed by atoms with Crippen LogP contribution in [0.5, 0.6) is 0 Å². The van der Waals surface area contributed by atoms with E-state index in [0.717, 1.165) is 5.82 Å². The first-order valence-electron chi connectivity index (χ1n) is 10.3. The highest BCUT2D eigenvalue weighted by atomic mass is 14.0. The molecule has 0 bridgehead atoms. The molecule has 0 aliphatic carbocycles. The maximum absolute atomic E-state index is 2.33. The molecule has 8 heteroatoms. The van der Waals surface area contributed by atoms with Gasteiger partial charge in [0.05, 0.1) is 14.9 Å². The average Bonchev–Trinajstić information content (AvgIpc) is 2.50. The van der Waals surface area contributed by atoms with Gasteiger partial charge in [-0.05, 0) is 0 Å². The number of rotatable bonds is 17. The van der Waals surface area contributed by atoms with Gasteiger partial charge in [0.15, 0.2) is 0 Å². The topological polar surface area (TPSA) is 0 Å². The predicted octanol–water partition coefficient (Wildman–Crippen LogP) is -0.191. The molecule has 0 aromatic rings. The standard InChI is InChI=1S/C13H36B8/c1-3-5-7-8-10-12-13(11-9-6-4-2)15-17-19-21-20-18-16-14/h13,15-21H,3-12,14H2,1-2H3. The number of hydrogen-bond donors (Lipinski definition) is 0. The third kappa shape index (κ3) is 16.7. The summed E-state index contributed by atoms with van der Waals surface area (Å²) in [5, 5.41) is 0. The molecule has 0 heterocycles. The molecule has 0 nitrogen and oxygen atoms in total. The summed E-state index contributed by atoms with van der Waals surface area (Å²) in [7, 11) is 12.6. The van der Waals surface area contributed by atoms with Crippen molar-refractivity contribution in [3.63, 3.8) is 0 Å². The van der Waals surface area contributed by atoms with Crippen molar-refractivity contribution in [2.75, 3.05) is 0 Å². The monoisotopic (exact) mass is 280 g/mol. The first-order chi connectivity index (χ1) is 10.3. The van der Waals surface area contributed by atoms with E-state index in [1.54, 1.807) is 0 Å². The number of unbranched alkanes of at least 4 members (excludes halogenated alkanes) is 6. The van der Waals surface area contributed by atoms with Gasteiger partial charge in [0.2, 0.25) is 0 Å². The zero-order valence-electron chi connectivity index (χ0n) is 15.6. The summed E-state index contributed by atoms with van der Waals surface area (Å²) in [6.45, 7) is 4.64. The lowest BCUT2D eigenvalue weighted by atomic mass is 8.92. The van der Waals surface area contributed by atoms with E-state index in [-0.39, 0.29) is 0 Å². The van der Waals surface area contributed by atoms with Crippen LogP contribution in [0.25, 0.3) is 0 Å². The van der Waals surface area contributed by atoms with Crippen molar-refractivity contribution in [2.24, 2.45) is 0 Å². The van der Waals surface area contributed by atoms with Crippen molar-refractivity contribution in [2.45, 2.75) is 83.9 Å². The van der Waals surface area contributed by atoms with E-state index in [1.165, 1.54) is 114 Å². The summed E-state index contributed by atoms with van der Waals surface area (Å²) in [5.74, 6) is 1.05. The molecule has 1 unspecified atom stereocenters. The summed E-state index contributed by atoms with van der Waals surface area (Å²) in [6, 6.07) is 0. The zero-order chi connectivity index (χ0) is 15.6. The van der Waals surface area contributed by atoms with Gasteiger partial charge in [0.25, 0.3) is 0 Å². The molecule has 0 rings (SSSR count). The van der Waals surface area contributed by atoms with Crippen LogP contribution >= 0.6 is 0 Å². The molecule has 0 aromatic carbocycles. The smallest absolute Gasteiger partial charge is 0.0740 e. The maximum atomic E-state index is 2.33. The van der Waals surface area contributed by atoms with Crippen molar-refractivity contribution in [1.29, 1.82) is 0 Å². The molecule has 0 aromatic heterocycles. The molecule has 0 saturated heterocycles. The minimum atomic E-state index is 1.05. The molecule has 0 aliphatic rings. The fourth-order valence-corrected chi connectivity index (χ4v) is 3.37. The lowest BCUT2D eigenvalue weighted by Crippen LogP contribution is -2.30. The van der Waals surface area contributed by atoms with E-state index in [0.29, 0.717) is 0 Å². The van der Waals surface area contributed by atoms with E-state index >= 15 is 0 Å². The minimum Gasteiger partial charge on any atom is -0.0740 e. The van der Waals surface area contributed by atoms with Crippen molar-refractivity contribution in [3.05, 3.63) is 0 Å². The Labute approximate surface area is 141 Å². The first kappa shape index (κ1) is 21.5. The van der Waals surface area contributed by atoms with E-state index < -0.39 is 0 Å². The van der Waals surface area contributed by atoms with Crippen molar-refractivity contribution >= 4 is 57.3 Å². The van der Waals surface area contributed by atoms with Gasteiger partial charge >= 0.3 is 0 Å². The Morgan fingerprint density at radius 3 is 1.86 bits per heavy atom. The molecule has 0 aliphatic heterocycles. The van der Waals surface area contributed by atoms with Crippen LogP contribution in [0.3, 0.4) is 0 Å². The van der Waals surface area contributed by atoms with Crippen LogP contribution in [0.15, 0.2) is 0 Å². The maximum Gasteiger partial charge on any atom is 0.0815 e. The highest BCUT2D eigenvalue weighted by molar-refractivity contribution is 7.65. The molecule has 21 heavy (non-hydrogen) atoms. The van der Waals surface area contributed by atoms with Crippen LogP contribution < -0.4 is 0 Å². The second kappa shape index (κ2) is 18.6. The van der Waals surface area contributed by atoms with E-state index in [1.807, 2.05) is 0 Å². The number of hydrogen-bond acceptors (Lipinski definition) is 0. The molecular formula is C13H36B8. The van der Waals surface area contributed by atoms with E-state index in [9.17, 15) is 0 Å². The van der Waals surface area contributed by atoms with Gasteiger partial charge in [-0.2, -0.15) is 0 Å².